The Morgan fingerprint density at radius 2 is 1.78 bits per heavy atom. The molecule has 0 aromatic heterocycles. The van der Waals surface area contributed by atoms with Crippen molar-refractivity contribution in [2.75, 3.05) is 0 Å². The number of hydrogen-bond donors (Lipinski definition) is 0. The molecule has 0 atom stereocenters. The van der Waals surface area contributed by atoms with Crippen LogP contribution in [0.2, 0.25) is 0 Å². The molecule has 18 heavy (non-hydrogen) atoms. The summed E-state index contributed by atoms with van der Waals surface area (Å²) in [5, 5.41) is 8.81. The Morgan fingerprint density at radius 3 is 2.33 bits per heavy atom. The van der Waals surface area contributed by atoms with Gasteiger partial charge in [0.05, 0.1) is 18.2 Å². The maximum atomic E-state index is 11.9. The van der Waals surface area contributed by atoms with Gasteiger partial charge in [-0.3, -0.25) is 14.5 Å². The Bertz CT molecular complexity index is 584. The second-order valence-electron chi connectivity index (χ2n) is 4.26. The van der Waals surface area contributed by atoms with Crippen molar-refractivity contribution in [3.63, 3.8) is 0 Å². The van der Waals surface area contributed by atoms with Gasteiger partial charge in [-0.25, -0.2) is 0 Å². The van der Waals surface area contributed by atoms with Gasteiger partial charge in [-0.1, -0.05) is 12.1 Å². The van der Waals surface area contributed by atoms with Gasteiger partial charge in [0.2, 0.25) is 0 Å². The van der Waals surface area contributed by atoms with Crippen molar-refractivity contribution < 1.29 is 9.59 Å². The fourth-order valence-electron chi connectivity index (χ4n) is 1.88. The van der Waals surface area contributed by atoms with Crippen LogP contribution in [0.25, 0.3) is 0 Å². The Hall–Kier alpha value is -2.41. The molecule has 0 fully saturated rings. The molecule has 0 saturated heterocycles. The maximum absolute atomic E-state index is 11.9. The van der Waals surface area contributed by atoms with Crippen LogP contribution in [0.3, 0.4) is 0 Å². The topological polar surface area (TPSA) is 61.2 Å². The van der Waals surface area contributed by atoms with E-state index in [0.717, 1.165) is 5.56 Å². The zero-order valence-corrected chi connectivity index (χ0v) is 10.2. The van der Waals surface area contributed by atoms with Crippen LogP contribution in [-0.2, 0) is 16.1 Å². The number of nitriles is 1. The number of amides is 2. The van der Waals surface area contributed by atoms with Crippen molar-refractivity contribution in [1.82, 2.24) is 4.90 Å². The molecule has 0 aliphatic carbocycles. The van der Waals surface area contributed by atoms with Crippen LogP contribution in [0.1, 0.15) is 25.0 Å². The smallest absolute Gasteiger partial charge is 0.257 e. The second-order valence-corrected chi connectivity index (χ2v) is 4.26. The number of carbonyl (C=O) groups is 2. The Balaban J connectivity index is 2.24. The lowest BCUT2D eigenvalue weighted by molar-refractivity contribution is -0.138. The molecule has 0 radical (unpaired) electrons. The average Bonchev–Trinajstić information content (AvgIpc) is 2.57. The molecule has 1 aromatic carbocycles. The third-order valence-electron chi connectivity index (χ3n) is 3.09. The second kappa shape index (κ2) is 4.46. The fourth-order valence-corrected chi connectivity index (χ4v) is 1.88. The number of carbonyl (C=O) groups excluding carboxylic acids is 2. The van der Waals surface area contributed by atoms with E-state index in [9.17, 15) is 9.59 Å². The summed E-state index contributed by atoms with van der Waals surface area (Å²) in [5.74, 6) is -0.500. The quantitative estimate of drug-likeness (QED) is 0.740. The number of benzene rings is 1. The van der Waals surface area contributed by atoms with E-state index in [2.05, 4.69) is 0 Å². The summed E-state index contributed by atoms with van der Waals surface area (Å²) < 4.78 is 0. The van der Waals surface area contributed by atoms with Crippen LogP contribution in [0.15, 0.2) is 35.4 Å². The van der Waals surface area contributed by atoms with Gasteiger partial charge < -0.3 is 0 Å². The molecule has 1 aliphatic heterocycles. The van der Waals surface area contributed by atoms with Gasteiger partial charge in [-0.2, -0.15) is 5.26 Å². The zero-order chi connectivity index (χ0) is 13.3. The summed E-state index contributed by atoms with van der Waals surface area (Å²) in [6.07, 6.45) is 0. The van der Waals surface area contributed by atoms with Gasteiger partial charge in [0.1, 0.15) is 0 Å². The van der Waals surface area contributed by atoms with Gasteiger partial charge >= 0.3 is 0 Å². The first kappa shape index (κ1) is 12.1. The lowest BCUT2D eigenvalue weighted by Gasteiger charge is -2.14. The predicted octanol–water partition coefficient (Wildman–Crippen LogP) is 1.76. The standard InChI is InChI=1S/C14H12N2O2/c1-9-10(2)14(18)16(13(9)17)8-12-5-3-4-11(6-12)7-15/h3-6H,8H2,1-2H3. The summed E-state index contributed by atoms with van der Waals surface area (Å²) >= 11 is 0. The summed E-state index contributed by atoms with van der Waals surface area (Å²) in [7, 11) is 0. The van der Waals surface area contributed by atoms with E-state index in [-0.39, 0.29) is 18.4 Å². The number of imide groups is 1. The maximum Gasteiger partial charge on any atom is 0.257 e. The normalized spacial score (nSPS) is 15.3. The van der Waals surface area contributed by atoms with Gasteiger partial charge in [-0.05, 0) is 31.5 Å². The first-order valence-corrected chi connectivity index (χ1v) is 5.57. The van der Waals surface area contributed by atoms with Gasteiger partial charge in [0, 0.05) is 11.1 Å². The van der Waals surface area contributed by atoms with E-state index < -0.39 is 0 Å². The van der Waals surface area contributed by atoms with Crippen LogP contribution in [0.5, 0.6) is 0 Å². The molecule has 4 nitrogen and oxygen atoms in total. The SMILES string of the molecule is CC1=C(C)C(=O)N(Cc2cccc(C#N)c2)C1=O. The minimum atomic E-state index is -0.250. The van der Waals surface area contributed by atoms with E-state index in [4.69, 9.17) is 5.26 Å². The van der Waals surface area contributed by atoms with Crippen LogP contribution in [0.4, 0.5) is 0 Å². The number of nitrogens with zero attached hydrogens (tertiary/aromatic N) is 2. The summed E-state index contributed by atoms with van der Waals surface area (Å²) in [6.45, 7) is 3.52. The van der Waals surface area contributed by atoms with Gasteiger partial charge in [0.25, 0.3) is 11.8 Å². The molecule has 90 valence electrons. The first-order valence-electron chi connectivity index (χ1n) is 5.57. The largest absolute Gasteiger partial charge is 0.270 e. The first-order chi connectivity index (χ1) is 8.54. The number of hydrogen-bond acceptors (Lipinski definition) is 3. The molecule has 4 heteroatoms. The van der Waals surface area contributed by atoms with Crippen LogP contribution in [0, 0.1) is 11.3 Å². The highest BCUT2D eigenvalue weighted by Crippen LogP contribution is 2.22. The molecule has 2 amide bonds. The Labute approximate surface area is 105 Å². The molecule has 0 spiro atoms. The van der Waals surface area contributed by atoms with E-state index >= 15 is 0 Å². The van der Waals surface area contributed by atoms with Crippen molar-refractivity contribution >= 4 is 11.8 Å². The zero-order valence-electron chi connectivity index (χ0n) is 10.2. The minimum Gasteiger partial charge on any atom is -0.270 e. The lowest BCUT2D eigenvalue weighted by Crippen LogP contribution is -2.30. The monoisotopic (exact) mass is 240 g/mol. The molecule has 2 rings (SSSR count). The molecular weight excluding hydrogens is 228 g/mol. The van der Waals surface area contributed by atoms with Crippen molar-refractivity contribution in [3.05, 3.63) is 46.5 Å². The summed E-state index contributed by atoms with van der Waals surface area (Å²) in [6, 6.07) is 8.94. The molecule has 0 N–H and O–H groups in total. The fraction of sp³-hybridized carbons (Fsp3) is 0.214. The average molecular weight is 240 g/mol. The molecule has 1 aromatic rings. The highest BCUT2D eigenvalue weighted by Gasteiger charge is 2.33. The van der Waals surface area contributed by atoms with Crippen molar-refractivity contribution in [3.8, 4) is 6.07 Å². The lowest BCUT2D eigenvalue weighted by atomic mass is 10.1. The molecule has 1 aliphatic rings. The van der Waals surface area contributed by atoms with Gasteiger partial charge in [-0.15, -0.1) is 0 Å². The van der Waals surface area contributed by atoms with E-state index in [1.54, 1.807) is 38.1 Å². The number of rotatable bonds is 2. The molecule has 1 heterocycles. The Morgan fingerprint density at radius 1 is 1.17 bits per heavy atom. The highest BCUT2D eigenvalue weighted by atomic mass is 16.2. The molecule has 0 unspecified atom stereocenters. The summed E-state index contributed by atoms with van der Waals surface area (Å²) in [4.78, 5) is 24.9. The molecule has 0 bridgehead atoms. The van der Waals surface area contributed by atoms with E-state index in [1.807, 2.05) is 6.07 Å². The van der Waals surface area contributed by atoms with Crippen molar-refractivity contribution in [2.45, 2.75) is 20.4 Å². The Kier molecular flexibility index (Phi) is 2.99. The van der Waals surface area contributed by atoms with Gasteiger partial charge in [0.15, 0.2) is 0 Å². The van der Waals surface area contributed by atoms with Crippen molar-refractivity contribution in [2.24, 2.45) is 0 Å². The van der Waals surface area contributed by atoms with E-state index in [1.165, 1.54) is 4.90 Å². The van der Waals surface area contributed by atoms with Crippen LogP contribution >= 0.6 is 0 Å². The summed E-state index contributed by atoms with van der Waals surface area (Å²) in [5.41, 5.74) is 2.29. The third-order valence-corrected chi connectivity index (χ3v) is 3.09. The third kappa shape index (κ3) is 1.91. The minimum absolute atomic E-state index is 0.210. The van der Waals surface area contributed by atoms with Crippen molar-refractivity contribution in [1.29, 1.82) is 5.26 Å². The highest BCUT2D eigenvalue weighted by molar-refractivity contribution is 6.18. The van der Waals surface area contributed by atoms with Crippen LogP contribution < -0.4 is 0 Å². The van der Waals surface area contributed by atoms with Crippen LogP contribution in [-0.4, -0.2) is 16.7 Å². The predicted molar refractivity (Wildman–Crippen MR) is 65.1 cm³/mol. The molecular formula is C14H12N2O2. The van der Waals surface area contributed by atoms with E-state index in [0.29, 0.717) is 16.7 Å². The molecule has 0 saturated carbocycles.